The quantitative estimate of drug-likeness (QED) is 0.176. The molecule has 1 N–H and O–H groups in total. The van der Waals surface area contributed by atoms with Gasteiger partial charge in [0.25, 0.3) is 6.71 Å². The lowest BCUT2D eigenvalue weighted by Gasteiger charge is -2.40. The van der Waals surface area contributed by atoms with Gasteiger partial charge in [0.15, 0.2) is 0 Å². The number of aromatic nitrogens is 2. The normalized spacial score (nSPS) is 13.7. The van der Waals surface area contributed by atoms with E-state index in [1.807, 2.05) is 0 Å². The van der Waals surface area contributed by atoms with Crippen LogP contribution in [-0.4, -0.2) is 15.5 Å². The Morgan fingerprint density at radius 3 is 1.60 bits per heavy atom. The van der Waals surface area contributed by atoms with Crippen LogP contribution in [0.15, 0.2) is 158 Å². The van der Waals surface area contributed by atoms with Gasteiger partial charge < -0.3 is 19.0 Å². The summed E-state index contributed by atoms with van der Waals surface area (Å²) < 4.78 is 4.99. The average molecular weight is 671 g/mol. The maximum Gasteiger partial charge on any atom is 0.252 e. The number of fused-ring (bicyclic) bond motifs is 16. The van der Waals surface area contributed by atoms with Crippen molar-refractivity contribution in [3.05, 3.63) is 158 Å². The van der Waals surface area contributed by atoms with Crippen LogP contribution in [0.25, 0.3) is 76.2 Å². The van der Waals surface area contributed by atoms with Gasteiger partial charge in [-0.05, 0) is 64.9 Å². The number of hydrogen-bond donors (Lipinski definition) is 1. The van der Waals surface area contributed by atoms with Gasteiger partial charge in [0.2, 0.25) is 0 Å². The number of rotatable bonds is 1. The van der Waals surface area contributed by atoms with Crippen LogP contribution in [0.1, 0.15) is 0 Å². The number of benzene rings is 8. The van der Waals surface area contributed by atoms with Gasteiger partial charge in [0.1, 0.15) is 0 Å². The van der Waals surface area contributed by atoms with Crippen molar-refractivity contribution in [1.82, 2.24) is 8.80 Å². The minimum atomic E-state index is 0.0508. The lowest BCUT2D eigenvalue weighted by molar-refractivity contribution is 1.29. The summed E-state index contributed by atoms with van der Waals surface area (Å²) in [5.41, 5.74) is 17.6. The number of para-hydroxylation sites is 5. The van der Waals surface area contributed by atoms with E-state index in [4.69, 9.17) is 0 Å². The molecule has 0 amide bonds. The van der Waals surface area contributed by atoms with Gasteiger partial charge in [-0.3, -0.25) is 0 Å². The molecule has 0 unspecified atom stereocenters. The largest absolute Gasteiger partial charge is 0.356 e. The third-order valence-corrected chi connectivity index (χ3v) is 12.5. The molecule has 2 aliphatic heterocycles. The molecule has 0 bridgehead atoms. The van der Waals surface area contributed by atoms with Crippen LogP contribution < -0.4 is 26.6 Å². The Morgan fingerprint density at radius 1 is 0.377 bits per heavy atom. The lowest BCUT2D eigenvalue weighted by Crippen LogP contribution is -2.60. The van der Waals surface area contributed by atoms with Gasteiger partial charge in [0.05, 0.1) is 33.1 Å². The topological polar surface area (TPSA) is 24.1 Å². The summed E-state index contributed by atoms with van der Waals surface area (Å²) >= 11 is 0. The molecule has 5 heteroatoms. The molecule has 0 spiro atoms. The highest BCUT2D eigenvalue weighted by atomic mass is 15.2. The van der Waals surface area contributed by atoms with E-state index in [1.165, 1.54) is 115 Å². The van der Waals surface area contributed by atoms with Crippen LogP contribution >= 0.6 is 0 Å². The fourth-order valence-corrected chi connectivity index (χ4v) is 10.5. The SMILES string of the molecule is c1ccc(N2c3cc4c(cc3B3c5cc6c7cccc8c9ccccc9n(c6cc5Nc5cccc2c53)c87)c2cccc3c5ccccc5n4c32)cc1. The highest BCUT2D eigenvalue weighted by molar-refractivity contribution is 7.00. The Hall–Kier alpha value is -6.98. The van der Waals surface area contributed by atoms with Crippen molar-refractivity contribution in [3.63, 3.8) is 0 Å². The molecule has 0 saturated carbocycles. The standard InChI is InChI=1S/C48H27BN4/c1-2-11-27(12-3-1)51-42-22-10-19-38-46(42)49(37-24-35-33-18-9-16-31-29-14-5-7-21-41(29)53(48(31)33)44(35)26-45(37)51)36-23-34-32-17-8-15-30-28-13-4-6-20-40(28)52(47(30)32)43(34)25-39(36)50-38/h1-26,50H. The van der Waals surface area contributed by atoms with Gasteiger partial charge in [-0.1, -0.05) is 109 Å². The van der Waals surface area contributed by atoms with Crippen LogP contribution in [0, 0.1) is 0 Å². The van der Waals surface area contributed by atoms with Gasteiger partial charge >= 0.3 is 0 Å². The summed E-state index contributed by atoms with van der Waals surface area (Å²) in [5, 5.41) is 14.4. The zero-order valence-corrected chi connectivity index (χ0v) is 28.4. The molecule has 0 aliphatic carbocycles. The molecular formula is C48H27BN4. The van der Waals surface area contributed by atoms with E-state index in [9.17, 15) is 0 Å². The average Bonchev–Trinajstić information content (AvgIpc) is 3.93. The highest BCUT2D eigenvalue weighted by Gasteiger charge is 2.41. The lowest BCUT2D eigenvalue weighted by atomic mass is 9.33. The zero-order chi connectivity index (χ0) is 34.1. The van der Waals surface area contributed by atoms with E-state index >= 15 is 0 Å². The summed E-state index contributed by atoms with van der Waals surface area (Å²) in [5.74, 6) is 0. The maximum atomic E-state index is 3.97. The molecule has 0 fully saturated rings. The van der Waals surface area contributed by atoms with Gasteiger partial charge in [0, 0.05) is 71.5 Å². The second-order valence-electron chi connectivity index (χ2n) is 15.0. The number of nitrogens with zero attached hydrogens (tertiary/aromatic N) is 3. The van der Waals surface area contributed by atoms with Crippen molar-refractivity contribution < 1.29 is 0 Å². The third-order valence-electron chi connectivity index (χ3n) is 12.5. The second-order valence-corrected chi connectivity index (χ2v) is 15.0. The number of nitrogens with one attached hydrogen (secondary N) is 1. The minimum Gasteiger partial charge on any atom is -0.356 e. The first-order valence-electron chi connectivity index (χ1n) is 18.5. The van der Waals surface area contributed by atoms with Crippen molar-refractivity contribution >= 4 is 128 Å². The fraction of sp³-hybridized carbons (Fsp3) is 0. The first-order chi connectivity index (χ1) is 26.3. The van der Waals surface area contributed by atoms with Crippen molar-refractivity contribution in [2.24, 2.45) is 0 Å². The molecule has 242 valence electrons. The van der Waals surface area contributed by atoms with Crippen LogP contribution in [-0.2, 0) is 0 Å². The van der Waals surface area contributed by atoms with E-state index in [2.05, 4.69) is 177 Å². The first kappa shape index (κ1) is 26.8. The first-order valence-corrected chi connectivity index (χ1v) is 18.5. The van der Waals surface area contributed by atoms with Crippen LogP contribution in [0.2, 0.25) is 0 Å². The summed E-state index contributed by atoms with van der Waals surface area (Å²) in [6, 6.07) is 58.9. The molecule has 12 aromatic rings. The van der Waals surface area contributed by atoms with Crippen molar-refractivity contribution in [2.45, 2.75) is 0 Å². The highest BCUT2D eigenvalue weighted by Crippen LogP contribution is 2.45. The molecule has 0 saturated heterocycles. The molecule has 2 aliphatic rings. The molecule has 53 heavy (non-hydrogen) atoms. The molecule has 4 nitrogen and oxygen atoms in total. The molecule has 8 aromatic carbocycles. The van der Waals surface area contributed by atoms with E-state index < -0.39 is 0 Å². The molecule has 0 radical (unpaired) electrons. The van der Waals surface area contributed by atoms with Crippen molar-refractivity contribution in [1.29, 1.82) is 0 Å². The van der Waals surface area contributed by atoms with Gasteiger partial charge in [-0.15, -0.1) is 0 Å². The Balaban J connectivity index is 1.13. The molecule has 6 heterocycles. The van der Waals surface area contributed by atoms with Crippen LogP contribution in [0.4, 0.5) is 28.4 Å². The van der Waals surface area contributed by atoms with Crippen LogP contribution in [0.3, 0.4) is 0 Å². The molecule has 14 rings (SSSR count). The summed E-state index contributed by atoms with van der Waals surface area (Å²) in [7, 11) is 0. The smallest absolute Gasteiger partial charge is 0.252 e. The zero-order valence-electron chi connectivity index (χ0n) is 28.4. The summed E-state index contributed by atoms with van der Waals surface area (Å²) in [6.07, 6.45) is 0. The van der Waals surface area contributed by atoms with E-state index in [0.717, 1.165) is 5.69 Å². The second kappa shape index (κ2) is 9.08. The number of anilines is 5. The van der Waals surface area contributed by atoms with Crippen molar-refractivity contribution in [2.75, 3.05) is 10.2 Å². The summed E-state index contributed by atoms with van der Waals surface area (Å²) in [4.78, 5) is 2.50. The molecule has 4 aromatic heterocycles. The van der Waals surface area contributed by atoms with Gasteiger partial charge in [-0.2, -0.15) is 0 Å². The van der Waals surface area contributed by atoms with Gasteiger partial charge in [-0.25, -0.2) is 0 Å². The minimum absolute atomic E-state index is 0.0508. The maximum absolute atomic E-state index is 3.97. The van der Waals surface area contributed by atoms with E-state index in [-0.39, 0.29) is 6.71 Å². The summed E-state index contributed by atoms with van der Waals surface area (Å²) in [6.45, 7) is 0.0508. The predicted octanol–water partition coefficient (Wildman–Crippen LogP) is 10.3. The van der Waals surface area contributed by atoms with Crippen LogP contribution in [0.5, 0.6) is 0 Å². The molecule has 0 atom stereocenters. The van der Waals surface area contributed by atoms with Crippen molar-refractivity contribution in [3.8, 4) is 0 Å². The third kappa shape index (κ3) is 3.06. The Kier molecular flexibility index (Phi) is 4.59. The Morgan fingerprint density at radius 2 is 0.925 bits per heavy atom. The van der Waals surface area contributed by atoms with E-state index in [0.29, 0.717) is 0 Å². The molecular weight excluding hydrogens is 643 g/mol. The monoisotopic (exact) mass is 670 g/mol. The Labute approximate surface area is 303 Å². The Bertz CT molecular complexity index is 3560. The predicted molar refractivity (Wildman–Crippen MR) is 225 cm³/mol. The van der Waals surface area contributed by atoms with E-state index in [1.54, 1.807) is 0 Å². The fourth-order valence-electron chi connectivity index (χ4n) is 10.5. The number of hydrogen-bond acceptors (Lipinski definition) is 2.